The summed E-state index contributed by atoms with van der Waals surface area (Å²) in [7, 11) is 0. The van der Waals surface area contributed by atoms with Gasteiger partial charge in [0.1, 0.15) is 0 Å². The van der Waals surface area contributed by atoms with E-state index in [1.165, 1.54) is 0 Å². The maximum atomic E-state index is 14.1. The second-order valence-corrected chi connectivity index (χ2v) is 5.36. The fraction of sp³-hybridized carbons (Fsp3) is 0.588. The van der Waals surface area contributed by atoms with Crippen molar-refractivity contribution in [3.63, 3.8) is 0 Å². The number of carbonyl (C=O) groups is 1. The highest BCUT2D eigenvalue weighted by molar-refractivity contribution is 5.71. The van der Waals surface area contributed by atoms with Crippen molar-refractivity contribution in [3.8, 4) is 5.75 Å². The van der Waals surface area contributed by atoms with Gasteiger partial charge >= 0.3 is 5.97 Å². The molecule has 0 aliphatic carbocycles. The monoisotopic (exact) mass is 296 g/mol. The van der Waals surface area contributed by atoms with Crippen LogP contribution in [0.5, 0.6) is 5.75 Å². The minimum Gasteiger partial charge on any atom is -0.491 e. The van der Waals surface area contributed by atoms with Crippen LogP contribution in [-0.4, -0.2) is 19.2 Å². The van der Waals surface area contributed by atoms with Gasteiger partial charge in [-0.1, -0.05) is 32.9 Å². The molecule has 0 unspecified atom stereocenters. The van der Waals surface area contributed by atoms with E-state index in [9.17, 15) is 9.18 Å². The predicted octanol–water partition coefficient (Wildman–Crippen LogP) is 4.14. The van der Waals surface area contributed by atoms with E-state index in [1.807, 2.05) is 13.0 Å². The molecule has 3 nitrogen and oxygen atoms in total. The highest BCUT2D eigenvalue weighted by Crippen LogP contribution is 2.22. The summed E-state index contributed by atoms with van der Waals surface area (Å²) in [5.74, 6) is -0.239. The van der Waals surface area contributed by atoms with Crippen LogP contribution in [0.2, 0.25) is 0 Å². The Morgan fingerprint density at radius 1 is 1.24 bits per heavy atom. The van der Waals surface area contributed by atoms with Gasteiger partial charge in [0.25, 0.3) is 0 Å². The SMILES string of the molecule is CCCOc1cccc(CCCCOC(=O)C(C)C)c1F. The summed E-state index contributed by atoms with van der Waals surface area (Å²) in [4.78, 5) is 11.3. The van der Waals surface area contributed by atoms with E-state index in [0.29, 0.717) is 30.9 Å². The number of esters is 1. The van der Waals surface area contributed by atoms with E-state index in [4.69, 9.17) is 9.47 Å². The zero-order chi connectivity index (χ0) is 15.7. The minimum atomic E-state index is -0.273. The van der Waals surface area contributed by atoms with Crippen molar-refractivity contribution in [3.05, 3.63) is 29.6 Å². The van der Waals surface area contributed by atoms with Gasteiger partial charge in [-0.05, 0) is 37.3 Å². The van der Waals surface area contributed by atoms with Crippen molar-refractivity contribution in [2.24, 2.45) is 5.92 Å². The maximum absolute atomic E-state index is 14.1. The van der Waals surface area contributed by atoms with Crippen LogP contribution in [0.15, 0.2) is 18.2 Å². The number of halogens is 1. The number of carbonyl (C=O) groups excluding carboxylic acids is 1. The minimum absolute atomic E-state index is 0.102. The van der Waals surface area contributed by atoms with Crippen LogP contribution >= 0.6 is 0 Å². The fourth-order valence-electron chi connectivity index (χ4n) is 1.83. The number of hydrogen-bond donors (Lipinski definition) is 0. The molecule has 1 aromatic carbocycles. The first-order valence-corrected chi connectivity index (χ1v) is 7.63. The van der Waals surface area contributed by atoms with Gasteiger partial charge in [-0.3, -0.25) is 4.79 Å². The summed E-state index contributed by atoms with van der Waals surface area (Å²) in [6.45, 7) is 6.51. The largest absolute Gasteiger partial charge is 0.491 e. The molecular weight excluding hydrogens is 271 g/mol. The number of aryl methyl sites for hydroxylation is 1. The first-order chi connectivity index (χ1) is 10.1. The molecule has 0 aliphatic heterocycles. The van der Waals surface area contributed by atoms with Crippen molar-refractivity contribution < 1.29 is 18.7 Å². The Morgan fingerprint density at radius 2 is 2.00 bits per heavy atom. The molecule has 0 N–H and O–H groups in total. The van der Waals surface area contributed by atoms with Crippen molar-refractivity contribution in [2.75, 3.05) is 13.2 Å². The van der Waals surface area contributed by atoms with Crippen LogP contribution in [0.25, 0.3) is 0 Å². The van der Waals surface area contributed by atoms with E-state index >= 15 is 0 Å². The highest BCUT2D eigenvalue weighted by Gasteiger charge is 2.10. The Kier molecular flexibility index (Phi) is 7.80. The average molecular weight is 296 g/mol. The van der Waals surface area contributed by atoms with Crippen LogP contribution in [-0.2, 0) is 16.0 Å². The standard InChI is InChI=1S/C17H25FO3/c1-4-11-20-15-10-7-9-14(16(15)18)8-5-6-12-21-17(19)13(2)3/h7,9-10,13H,4-6,8,11-12H2,1-3H3. The van der Waals surface area contributed by atoms with Crippen molar-refractivity contribution in [1.29, 1.82) is 0 Å². The smallest absolute Gasteiger partial charge is 0.308 e. The van der Waals surface area contributed by atoms with Gasteiger partial charge in [-0.2, -0.15) is 0 Å². The third kappa shape index (κ3) is 6.15. The summed E-state index contributed by atoms with van der Waals surface area (Å²) in [6, 6.07) is 5.23. The number of hydrogen-bond acceptors (Lipinski definition) is 3. The van der Waals surface area contributed by atoms with Crippen molar-refractivity contribution >= 4 is 5.97 Å². The number of ether oxygens (including phenoxy) is 2. The first-order valence-electron chi connectivity index (χ1n) is 7.63. The Labute approximate surface area is 126 Å². The van der Waals surface area contributed by atoms with E-state index in [0.717, 1.165) is 19.3 Å². The van der Waals surface area contributed by atoms with Gasteiger partial charge < -0.3 is 9.47 Å². The summed E-state index contributed by atoms with van der Waals surface area (Å²) < 4.78 is 24.6. The maximum Gasteiger partial charge on any atom is 0.308 e. The Morgan fingerprint density at radius 3 is 2.67 bits per heavy atom. The quantitative estimate of drug-likeness (QED) is 0.507. The molecule has 0 spiro atoms. The molecule has 0 fully saturated rings. The Hall–Kier alpha value is -1.58. The number of benzene rings is 1. The van der Waals surface area contributed by atoms with E-state index in [-0.39, 0.29) is 17.7 Å². The molecule has 1 aromatic rings. The number of rotatable bonds is 9. The predicted molar refractivity (Wildman–Crippen MR) is 80.9 cm³/mol. The molecule has 0 aliphatic rings. The topological polar surface area (TPSA) is 35.5 Å². The van der Waals surface area contributed by atoms with Gasteiger partial charge in [0, 0.05) is 0 Å². The van der Waals surface area contributed by atoms with Gasteiger partial charge in [0.15, 0.2) is 11.6 Å². The first kappa shape index (κ1) is 17.5. The van der Waals surface area contributed by atoms with Gasteiger partial charge in [0.05, 0.1) is 19.1 Å². The molecule has 0 amide bonds. The third-order valence-corrected chi connectivity index (χ3v) is 3.06. The van der Waals surface area contributed by atoms with Crippen molar-refractivity contribution in [2.45, 2.75) is 46.5 Å². The van der Waals surface area contributed by atoms with Crippen LogP contribution in [0.4, 0.5) is 4.39 Å². The molecule has 1 rings (SSSR count). The average Bonchev–Trinajstić information content (AvgIpc) is 2.46. The second kappa shape index (κ2) is 9.37. The molecule has 0 saturated carbocycles. The van der Waals surface area contributed by atoms with Gasteiger partial charge in [0.2, 0.25) is 0 Å². The molecule has 0 aromatic heterocycles. The van der Waals surface area contributed by atoms with Crippen LogP contribution in [0.3, 0.4) is 0 Å². The van der Waals surface area contributed by atoms with Gasteiger partial charge in [-0.15, -0.1) is 0 Å². The highest BCUT2D eigenvalue weighted by atomic mass is 19.1. The summed E-state index contributed by atoms with van der Waals surface area (Å²) >= 11 is 0. The lowest BCUT2D eigenvalue weighted by atomic mass is 10.1. The van der Waals surface area contributed by atoms with E-state index in [1.54, 1.807) is 26.0 Å². The van der Waals surface area contributed by atoms with Crippen molar-refractivity contribution in [1.82, 2.24) is 0 Å². The normalized spacial score (nSPS) is 10.7. The lowest BCUT2D eigenvalue weighted by Gasteiger charge is -2.10. The molecule has 118 valence electrons. The summed E-state index contributed by atoms with van der Waals surface area (Å²) in [5.41, 5.74) is 0.652. The third-order valence-electron chi connectivity index (χ3n) is 3.06. The van der Waals surface area contributed by atoms with Crippen LogP contribution < -0.4 is 4.74 Å². The second-order valence-electron chi connectivity index (χ2n) is 5.36. The number of unbranched alkanes of at least 4 members (excludes halogenated alkanes) is 1. The summed E-state index contributed by atoms with van der Waals surface area (Å²) in [6.07, 6.45) is 2.98. The molecule has 4 heteroatoms. The van der Waals surface area contributed by atoms with Crippen LogP contribution in [0, 0.1) is 11.7 Å². The lowest BCUT2D eigenvalue weighted by Crippen LogP contribution is -2.12. The zero-order valence-corrected chi connectivity index (χ0v) is 13.2. The molecule has 21 heavy (non-hydrogen) atoms. The van der Waals surface area contributed by atoms with E-state index in [2.05, 4.69) is 0 Å². The molecule has 0 saturated heterocycles. The molecule has 0 radical (unpaired) electrons. The Bertz CT molecular complexity index is 444. The Balaban J connectivity index is 2.36. The fourth-order valence-corrected chi connectivity index (χ4v) is 1.83. The zero-order valence-electron chi connectivity index (χ0n) is 13.2. The molecule has 0 heterocycles. The molecule has 0 atom stereocenters. The molecule has 0 bridgehead atoms. The summed E-state index contributed by atoms with van der Waals surface area (Å²) in [5, 5.41) is 0. The molecular formula is C17H25FO3. The lowest BCUT2D eigenvalue weighted by molar-refractivity contribution is -0.147. The van der Waals surface area contributed by atoms with Crippen LogP contribution in [0.1, 0.15) is 45.6 Å². The van der Waals surface area contributed by atoms with E-state index < -0.39 is 0 Å². The van der Waals surface area contributed by atoms with Gasteiger partial charge in [-0.25, -0.2) is 4.39 Å².